The van der Waals surface area contributed by atoms with Gasteiger partial charge < -0.3 is 10.8 Å². The molecule has 0 aromatic heterocycles. The van der Waals surface area contributed by atoms with E-state index in [1.807, 2.05) is 0 Å². The molecule has 0 saturated heterocycles. The second kappa shape index (κ2) is 5.50. The molecule has 1 aromatic rings. The lowest BCUT2D eigenvalue weighted by molar-refractivity contribution is -0.131. The molecule has 0 aliphatic heterocycles. The van der Waals surface area contributed by atoms with Gasteiger partial charge in [0.1, 0.15) is 0 Å². The zero-order valence-electron chi connectivity index (χ0n) is 8.46. The predicted molar refractivity (Wildman–Crippen MR) is 61.3 cm³/mol. The summed E-state index contributed by atoms with van der Waals surface area (Å²) in [5.74, 6) is -1.49. The maximum absolute atomic E-state index is 10.5. The summed E-state index contributed by atoms with van der Waals surface area (Å²) < 4.78 is 0. The van der Waals surface area contributed by atoms with Crippen LogP contribution in [0.3, 0.4) is 0 Å². The number of carboxylic acids is 1. The fourth-order valence-electron chi connectivity index (χ4n) is 1.06. The Morgan fingerprint density at radius 3 is 1.81 bits per heavy atom. The number of carboxylic acid groups (broad SMARTS) is 1. The lowest BCUT2D eigenvalue weighted by atomic mass is 10.1. The molecule has 0 unspecified atom stereocenters. The van der Waals surface area contributed by atoms with Crippen LogP contribution in [-0.4, -0.2) is 17.0 Å². The fourth-order valence-corrected chi connectivity index (χ4v) is 1.06. The van der Waals surface area contributed by atoms with Gasteiger partial charge in [-0.15, -0.1) is 0 Å². The molecule has 82 valence electrons. The van der Waals surface area contributed by atoms with Crippen LogP contribution in [0.1, 0.15) is 11.1 Å². The van der Waals surface area contributed by atoms with Crippen molar-refractivity contribution in [3.63, 3.8) is 0 Å². The molecule has 0 heterocycles. The Bertz CT molecular complexity index is 401. The third-order valence-corrected chi connectivity index (χ3v) is 1.79. The third-order valence-electron chi connectivity index (χ3n) is 1.79. The molecular weight excluding hydrogens is 206 g/mol. The summed E-state index contributed by atoms with van der Waals surface area (Å²) >= 11 is 0. The van der Waals surface area contributed by atoms with Crippen LogP contribution in [0.5, 0.6) is 0 Å². The number of primary amides is 1. The molecular formula is C12H11NO3. The zero-order valence-corrected chi connectivity index (χ0v) is 8.46. The molecule has 0 fully saturated rings. The van der Waals surface area contributed by atoms with Crippen LogP contribution in [0, 0.1) is 0 Å². The first kappa shape index (κ1) is 11.7. The molecule has 4 nitrogen and oxygen atoms in total. The second-order valence-electron chi connectivity index (χ2n) is 3.07. The smallest absolute Gasteiger partial charge is 0.328 e. The first-order chi connectivity index (χ1) is 7.58. The number of aliphatic carboxylic acids is 1. The topological polar surface area (TPSA) is 80.4 Å². The lowest BCUT2D eigenvalue weighted by Gasteiger charge is -1.94. The molecule has 0 aliphatic carbocycles. The molecule has 0 saturated carbocycles. The molecule has 3 N–H and O–H groups in total. The number of carbonyl (C=O) groups excluding carboxylic acids is 1. The van der Waals surface area contributed by atoms with Crippen LogP contribution in [0.25, 0.3) is 12.2 Å². The SMILES string of the molecule is NC(=O)C=Cc1ccc(/C=C/C(=O)O)cc1. The largest absolute Gasteiger partial charge is 0.478 e. The zero-order chi connectivity index (χ0) is 12.0. The van der Waals surface area contributed by atoms with Crippen molar-refractivity contribution in [2.45, 2.75) is 0 Å². The average Bonchev–Trinajstić information content (AvgIpc) is 2.25. The van der Waals surface area contributed by atoms with E-state index in [4.69, 9.17) is 10.8 Å². The summed E-state index contributed by atoms with van der Waals surface area (Å²) in [6.45, 7) is 0. The molecule has 0 radical (unpaired) electrons. The Morgan fingerprint density at radius 1 is 1.00 bits per heavy atom. The van der Waals surface area contributed by atoms with Gasteiger partial charge in [0, 0.05) is 12.2 Å². The van der Waals surface area contributed by atoms with E-state index >= 15 is 0 Å². The van der Waals surface area contributed by atoms with Gasteiger partial charge in [-0.05, 0) is 23.3 Å². The van der Waals surface area contributed by atoms with Crippen LogP contribution < -0.4 is 5.73 Å². The number of hydrogen-bond donors (Lipinski definition) is 2. The number of amides is 1. The third kappa shape index (κ3) is 4.23. The summed E-state index contributed by atoms with van der Waals surface area (Å²) in [4.78, 5) is 20.7. The van der Waals surface area contributed by atoms with E-state index in [2.05, 4.69) is 0 Å². The molecule has 0 spiro atoms. The van der Waals surface area contributed by atoms with E-state index in [0.29, 0.717) is 0 Å². The second-order valence-corrected chi connectivity index (χ2v) is 3.07. The Labute approximate surface area is 92.7 Å². The maximum atomic E-state index is 10.5. The minimum atomic E-state index is -0.988. The monoisotopic (exact) mass is 217 g/mol. The Hall–Kier alpha value is -2.36. The molecule has 1 amide bonds. The van der Waals surface area contributed by atoms with Crippen molar-refractivity contribution in [3.8, 4) is 0 Å². The van der Waals surface area contributed by atoms with Crippen molar-refractivity contribution in [2.24, 2.45) is 5.73 Å². The fraction of sp³-hybridized carbons (Fsp3) is 0. The average molecular weight is 217 g/mol. The van der Waals surface area contributed by atoms with Crippen LogP contribution in [0.4, 0.5) is 0 Å². The normalized spacial score (nSPS) is 11.0. The molecule has 0 atom stereocenters. The molecule has 1 aromatic carbocycles. The van der Waals surface area contributed by atoms with Gasteiger partial charge in [0.05, 0.1) is 0 Å². The van der Waals surface area contributed by atoms with E-state index < -0.39 is 11.9 Å². The summed E-state index contributed by atoms with van der Waals surface area (Å²) in [6, 6.07) is 7.03. The van der Waals surface area contributed by atoms with Crippen LogP contribution >= 0.6 is 0 Å². The predicted octanol–water partition coefficient (Wildman–Crippen LogP) is 1.28. The first-order valence-corrected chi connectivity index (χ1v) is 4.56. The number of benzene rings is 1. The minimum Gasteiger partial charge on any atom is -0.478 e. The molecule has 4 heteroatoms. The summed E-state index contributed by atoms with van der Waals surface area (Å²) in [5, 5.41) is 8.43. The van der Waals surface area contributed by atoms with E-state index in [-0.39, 0.29) is 0 Å². The van der Waals surface area contributed by atoms with Gasteiger partial charge in [-0.2, -0.15) is 0 Å². The Morgan fingerprint density at radius 2 is 1.44 bits per heavy atom. The van der Waals surface area contributed by atoms with Gasteiger partial charge in [-0.25, -0.2) is 4.79 Å². The Kier molecular flexibility index (Phi) is 4.03. The van der Waals surface area contributed by atoms with Gasteiger partial charge in [0.15, 0.2) is 0 Å². The minimum absolute atomic E-state index is 0.505. The standard InChI is InChI=1S/C12H11NO3/c13-11(14)7-5-9-1-3-10(4-2-9)6-8-12(15)16/h1-8H,(H2,13,14)(H,15,16)/b7-5?,8-6+. The van der Waals surface area contributed by atoms with E-state index in [1.54, 1.807) is 30.3 Å². The van der Waals surface area contributed by atoms with E-state index in [1.165, 1.54) is 12.2 Å². The highest BCUT2D eigenvalue weighted by molar-refractivity contribution is 5.90. The number of carbonyl (C=O) groups is 2. The van der Waals surface area contributed by atoms with Crippen LogP contribution in [0.15, 0.2) is 36.4 Å². The quantitative estimate of drug-likeness (QED) is 0.745. The van der Waals surface area contributed by atoms with Gasteiger partial charge in [0.25, 0.3) is 0 Å². The van der Waals surface area contributed by atoms with E-state index in [9.17, 15) is 9.59 Å². The van der Waals surface area contributed by atoms with Gasteiger partial charge >= 0.3 is 5.97 Å². The molecule has 1 rings (SSSR count). The van der Waals surface area contributed by atoms with Crippen molar-refractivity contribution in [1.82, 2.24) is 0 Å². The van der Waals surface area contributed by atoms with Crippen LogP contribution in [0.2, 0.25) is 0 Å². The highest BCUT2D eigenvalue weighted by Gasteiger charge is 1.91. The van der Waals surface area contributed by atoms with Gasteiger partial charge in [0.2, 0.25) is 5.91 Å². The highest BCUT2D eigenvalue weighted by Crippen LogP contribution is 2.07. The van der Waals surface area contributed by atoms with Crippen molar-refractivity contribution in [3.05, 3.63) is 47.5 Å². The molecule has 16 heavy (non-hydrogen) atoms. The summed E-state index contributed by atoms with van der Waals surface area (Å²) in [7, 11) is 0. The van der Waals surface area contributed by atoms with Gasteiger partial charge in [-0.3, -0.25) is 4.79 Å². The number of hydrogen-bond acceptors (Lipinski definition) is 2. The molecule has 0 bridgehead atoms. The van der Waals surface area contributed by atoms with Crippen molar-refractivity contribution < 1.29 is 14.7 Å². The number of nitrogens with two attached hydrogens (primary N) is 1. The van der Waals surface area contributed by atoms with Crippen molar-refractivity contribution in [1.29, 1.82) is 0 Å². The summed E-state index contributed by atoms with van der Waals surface area (Å²) in [5.41, 5.74) is 6.55. The Balaban J connectivity index is 2.75. The first-order valence-electron chi connectivity index (χ1n) is 4.56. The van der Waals surface area contributed by atoms with Crippen molar-refractivity contribution >= 4 is 24.0 Å². The highest BCUT2D eigenvalue weighted by atomic mass is 16.4. The lowest BCUT2D eigenvalue weighted by Crippen LogP contribution is -2.04. The maximum Gasteiger partial charge on any atom is 0.328 e. The van der Waals surface area contributed by atoms with Crippen molar-refractivity contribution in [2.75, 3.05) is 0 Å². The van der Waals surface area contributed by atoms with E-state index in [0.717, 1.165) is 17.2 Å². The number of rotatable bonds is 4. The molecule has 0 aliphatic rings. The van der Waals surface area contributed by atoms with Crippen LogP contribution in [-0.2, 0) is 9.59 Å². The summed E-state index contributed by atoms with van der Waals surface area (Å²) in [6.07, 6.45) is 5.41. The van der Waals surface area contributed by atoms with Gasteiger partial charge in [-0.1, -0.05) is 24.3 Å².